The minimum Gasteiger partial charge on any atom is -0.414 e. The van der Waals surface area contributed by atoms with Gasteiger partial charge >= 0.3 is 5.69 Å². The Balaban J connectivity index is 2.48. The molecule has 8 nitrogen and oxygen atoms in total. The fourth-order valence-corrected chi connectivity index (χ4v) is 12.3. The van der Waals surface area contributed by atoms with Crippen molar-refractivity contribution in [2.24, 2.45) is 5.92 Å². The van der Waals surface area contributed by atoms with Gasteiger partial charge in [0.2, 0.25) is 0 Å². The van der Waals surface area contributed by atoms with Crippen LogP contribution in [0.4, 0.5) is 5.82 Å². The summed E-state index contributed by atoms with van der Waals surface area (Å²) in [6, 6.07) is 7.88. The number of nitrogens with two attached hydrogens (primary N) is 1. The standard InChI is InChI=1S/C24H44N4O4Si2/c1-9-33(10-2,17(5)6)30-16-20-22(32-34(11-3,12-4)18(7)8)19(15-25)23(31-20)28-14-13-21(26)27-24(28)29/h13-14,17-20,22-23H,9-12,16H2,1-8H3,(H2,26,27,29)/t19-,20+,22-,23+/m0/s1. The number of rotatable bonds is 12. The minimum atomic E-state index is -2.15. The zero-order chi connectivity index (χ0) is 25.7. The molecule has 34 heavy (non-hydrogen) atoms. The lowest BCUT2D eigenvalue weighted by Gasteiger charge is -2.39. The van der Waals surface area contributed by atoms with E-state index in [-0.39, 0.29) is 5.82 Å². The second-order valence-electron chi connectivity index (χ2n) is 10.0. The number of hydrogen-bond donors (Lipinski definition) is 1. The fraction of sp³-hybridized carbons (Fsp3) is 0.792. The van der Waals surface area contributed by atoms with Gasteiger partial charge in [0.1, 0.15) is 17.8 Å². The summed E-state index contributed by atoms with van der Waals surface area (Å²) < 4.78 is 21.4. The zero-order valence-electron chi connectivity index (χ0n) is 22.2. The van der Waals surface area contributed by atoms with Crippen molar-refractivity contribution in [1.29, 1.82) is 5.26 Å². The predicted octanol–water partition coefficient (Wildman–Crippen LogP) is 5.06. The van der Waals surface area contributed by atoms with Gasteiger partial charge in [-0.05, 0) is 41.3 Å². The van der Waals surface area contributed by atoms with Crippen molar-refractivity contribution in [2.45, 2.75) is 109 Å². The first kappa shape index (κ1) is 28.7. The molecule has 2 rings (SSSR count). The number of anilines is 1. The fourth-order valence-electron chi connectivity index (χ4n) is 5.34. The van der Waals surface area contributed by atoms with Gasteiger partial charge in [-0.15, -0.1) is 0 Å². The lowest BCUT2D eigenvalue weighted by atomic mass is 10.0. The molecule has 1 fully saturated rings. The van der Waals surface area contributed by atoms with Gasteiger partial charge in [0.05, 0.1) is 18.8 Å². The van der Waals surface area contributed by atoms with Crippen LogP contribution in [0.5, 0.6) is 0 Å². The van der Waals surface area contributed by atoms with Gasteiger partial charge in [0, 0.05) is 6.20 Å². The van der Waals surface area contributed by atoms with E-state index in [1.54, 1.807) is 12.3 Å². The lowest BCUT2D eigenvalue weighted by Crippen LogP contribution is -2.49. The molecule has 1 saturated heterocycles. The third-order valence-electron chi connectivity index (χ3n) is 8.02. The first-order valence-electron chi connectivity index (χ1n) is 12.8. The lowest BCUT2D eigenvalue weighted by molar-refractivity contribution is -0.0426. The molecule has 192 valence electrons. The summed E-state index contributed by atoms with van der Waals surface area (Å²) in [4.78, 5) is 16.5. The normalized spacial score (nSPS) is 23.6. The van der Waals surface area contributed by atoms with Crippen molar-refractivity contribution in [1.82, 2.24) is 9.55 Å². The van der Waals surface area contributed by atoms with Gasteiger partial charge in [-0.25, -0.2) is 4.79 Å². The molecular formula is C24H44N4O4Si2. The van der Waals surface area contributed by atoms with Gasteiger partial charge in [-0.2, -0.15) is 10.2 Å². The van der Waals surface area contributed by atoms with E-state index in [9.17, 15) is 10.1 Å². The van der Waals surface area contributed by atoms with Crippen molar-refractivity contribution in [2.75, 3.05) is 12.3 Å². The van der Waals surface area contributed by atoms with Gasteiger partial charge in [0.15, 0.2) is 22.9 Å². The molecule has 0 saturated carbocycles. The molecule has 0 radical (unpaired) electrons. The van der Waals surface area contributed by atoms with Crippen LogP contribution < -0.4 is 11.4 Å². The highest BCUT2D eigenvalue weighted by Gasteiger charge is 2.52. The highest BCUT2D eigenvalue weighted by Crippen LogP contribution is 2.42. The van der Waals surface area contributed by atoms with E-state index < -0.39 is 46.7 Å². The zero-order valence-corrected chi connectivity index (χ0v) is 24.2. The van der Waals surface area contributed by atoms with Crippen molar-refractivity contribution < 1.29 is 13.6 Å². The van der Waals surface area contributed by atoms with E-state index in [1.807, 2.05) is 0 Å². The van der Waals surface area contributed by atoms with Crippen molar-refractivity contribution in [3.8, 4) is 6.07 Å². The number of nitrogens with zero attached hydrogens (tertiary/aromatic N) is 3. The second kappa shape index (κ2) is 11.9. The van der Waals surface area contributed by atoms with Crippen LogP contribution in [0, 0.1) is 17.2 Å². The Bertz CT molecular complexity index is 894. The van der Waals surface area contributed by atoms with Crippen molar-refractivity contribution in [3.63, 3.8) is 0 Å². The van der Waals surface area contributed by atoms with E-state index in [0.717, 1.165) is 24.2 Å². The number of nitrogen functional groups attached to an aromatic ring is 1. The average molecular weight is 509 g/mol. The van der Waals surface area contributed by atoms with Crippen LogP contribution in [-0.2, 0) is 13.6 Å². The van der Waals surface area contributed by atoms with Crippen LogP contribution in [0.15, 0.2) is 17.1 Å². The molecule has 10 heteroatoms. The Kier molecular flexibility index (Phi) is 10.1. The predicted molar refractivity (Wildman–Crippen MR) is 140 cm³/mol. The topological polar surface area (TPSA) is 112 Å². The highest BCUT2D eigenvalue weighted by molar-refractivity contribution is 6.75. The molecule has 4 atom stereocenters. The molecule has 2 N–H and O–H groups in total. The van der Waals surface area contributed by atoms with E-state index in [0.29, 0.717) is 17.7 Å². The average Bonchev–Trinajstić information content (AvgIpc) is 3.14. The van der Waals surface area contributed by atoms with Crippen LogP contribution in [0.1, 0.15) is 61.6 Å². The summed E-state index contributed by atoms with van der Waals surface area (Å²) in [6.45, 7) is 18.0. The smallest absolute Gasteiger partial charge is 0.351 e. The maximum Gasteiger partial charge on any atom is 0.351 e. The molecular weight excluding hydrogens is 464 g/mol. The maximum absolute atomic E-state index is 12.6. The third kappa shape index (κ3) is 5.65. The molecule has 0 aliphatic carbocycles. The second-order valence-corrected chi connectivity index (χ2v) is 19.9. The van der Waals surface area contributed by atoms with Crippen molar-refractivity contribution in [3.05, 3.63) is 22.7 Å². The van der Waals surface area contributed by atoms with Crippen LogP contribution >= 0.6 is 0 Å². The Morgan fingerprint density at radius 1 is 1.12 bits per heavy atom. The molecule has 0 amide bonds. The minimum absolute atomic E-state index is 0.141. The molecule has 0 aromatic carbocycles. The quantitative estimate of drug-likeness (QED) is 0.393. The summed E-state index contributed by atoms with van der Waals surface area (Å²) in [5.41, 5.74) is 6.01. The number of nitriles is 1. The van der Waals surface area contributed by atoms with Gasteiger partial charge < -0.3 is 19.3 Å². The first-order chi connectivity index (χ1) is 16.0. The van der Waals surface area contributed by atoms with Crippen LogP contribution in [0.2, 0.25) is 35.3 Å². The van der Waals surface area contributed by atoms with Gasteiger partial charge in [0.25, 0.3) is 0 Å². The SMILES string of the molecule is CC[Si](CC)(OC[C@H]1O[C@@H](n2ccc(N)nc2=O)[C@@H](C#N)[C@@H]1O[Si](CC)(CC)C(C)C)C(C)C. The number of aromatic nitrogens is 2. The summed E-state index contributed by atoms with van der Waals surface area (Å²) in [6.07, 6.45) is -0.152. The van der Waals surface area contributed by atoms with Crippen LogP contribution in [0.25, 0.3) is 0 Å². The molecule has 0 bridgehead atoms. The largest absolute Gasteiger partial charge is 0.414 e. The number of ether oxygens (including phenoxy) is 1. The van der Waals surface area contributed by atoms with E-state index in [2.05, 4.69) is 66.4 Å². The molecule has 1 aromatic rings. The summed E-state index contributed by atoms with van der Waals surface area (Å²) in [5, 5.41) is 10.2. The Labute approximate surface area is 207 Å². The molecule has 1 aliphatic heterocycles. The van der Waals surface area contributed by atoms with E-state index in [4.69, 9.17) is 19.3 Å². The van der Waals surface area contributed by atoms with Gasteiger partial charge in [-0.1, -0.05) is 55.4 Å². The third-order valence-corrected chi connectivity index (χ3v) is 18.5. The summed E-state index contributed by atoms with van der Waals surface area (Å²) in [7, 11) is -4.12. The monoisotopic (exact) mass is 508 g/mol. The maximum atomic E-state index is 12.6. The Hall–Kier alpha value is -1.52. The molecule has 0 unspecified atom stereocenters. The molecule has 1 aromatic heterocycles. The Morgan fingerprint density at radius 3 is 2.12 bits per heavy atom. The highest BCUT2D eigenvalue weighted by atomic mass is 28.4. The van der Waals surface area contributed by atoms with E-state index in [1.165, 1.54) is 4.57 Å². The van der Waals surface area contributed by atoms with Crippen LogP contribution in [-0.4, -0.2) is 45.0 Å². The number of hydrogen-bond acceptors (Lipinski definition) is 7. The molecule has 2 heterocycles. The van der Waals surface area contributed by atoms with E-state index >= 15 is 0 Å². The molecule has 0 spiro atoms. The van der Waals surface area contributed by atoms with Crippen molar-refractivity contribution >= 4 is 22.5 Å². The molecule has 1 aliphatic rings. The van der Waals surface area contributed by atoms with Gasteiger partial charge in [-0.3, -0.25) is 4.57 Å². The van der Waals surface area contributed by atoms with Crippen LogP contribution in [0.3, 0.4) is 0 Å². The first-order valence-corrected chi connectivity index (χ1v) is 17.6. The Morgan fingerprint density at radius 2 is 1.68 bits per heavy atom. The summed E-state index contributed by atoms with van der Waals surface area (Å²) >= 11 is 0. The summed E-state index contributed by atoms with van der Waals surface area (Å²) in [5.74, 6) is -0.513.